The predicted octanol–water partition coefficient (Wildman–Crippen LogP) is 4.59. The summed E-state index contributed by atoms with van der Waals surface area (Å²) in [6, 6.07) is 15.6. The first-order valence-electron chi connectivity index (χ1n) is 11.1. The molecule has 34 heavy (non-hydrogen) atoms. The second-order valence-corrected chi connectivity index (χ2v) is 10.5. The third kappa shape index (κ3) is 4.35. The number of aromatic nitrogens is 4. The number of thioether (sulfide) groups is 1. The van der Waals surface area contributed by atoms with E-state index in [9.17, 15) is 13.2 Å². The molecule has 2 aromatic heterocycles. The lowest BCUT2D eigenvalue weighted by Crippen LogP contribution is -2.20. The molecule has 0 amide bonds. The van der Waals surface area contributed by atoms with Crippen LogP contribution in [-0.4, -0.2) is 45.0 Å². The fourth-order valence-electron chi connectivity index (χ4n) is 3.75. The summed E-state index contributed by atoms with van der Waals surface area (Å²) in [5, 5.41) is 9.67. The number of para-hydroxylation sites is 1. The first kappa shape index (κ1) is 24.0. The lowest BCUT2D eigenvalue weighted by molar-refractivity contribution is -0.142. The topological polar surface area (TPSA) is 96.1 Å². The summed E-state index contributed by atoms with van der Waals surface area (Å²) < 4.78 is 35.3. The Bertz CT molecular complexity index is 1410. The van der Waals surface area contributed by atoms with Gasteiger partial charge in [-0.05, 0) is 38.5 Å². The summed E-state index contributed by atoms with van der Waals surface area (Å²) in [5.74, 6) is 0.259. The third-order valence-corrected chi connectivity index (χ3v) is 8.43. The summed E-state index contributed by atoms with van der Waals surface area (Å²) in [5.41, 5.74) is 1.21. The van der Waals surface area contributed by atoms with E-state index >= 15 is 0 Å². The number of rotatable bonds is 9. The van der Waals surface area contributed by atoms with Gasteiger partial charge < -0.3 is 9.30 Å². The minimum Gasteiger partial charge on any atom is -0.465 e. The molecule has 0 saturated heterocycles. The minimum absolute atomic E-state index is 0.204. The average Bonchev–Trinajstić information content (AvgIpc) is 3.44. The van der Waals surface area contributed by atoms with E-state index in [1.807, 2.05) is 30.5 Å². The van der Waals surface area contributed by atoms with Crippen molar-refractivity contribution in [2.24, 2.45) is 0 Å². The molecule has 8 nitrogen and oxygen atoms in total. The second kappa shape index (κ2) is 10.0. The zero-order valence-electron chi connectivity index (χ0n) is 19.2. The highest BCUT2D eigenvalue weighted by Gasteiger charge is 2.26. The van der Waals surface area contributed by atoms with Gasteiger partial charge in [0.25, 0.3) is 10.0 Å². The number of fused-ring (bicyclic) bond motifs is 1. The van der Waals surface area contributed by atoms with Crippen molar-refractivity contribution in [3.05, 3.63) is 60.8 Å². The number of ether oxygens (including phenoxy) is 1. The molecule has 1 atom stereocenters. The molecular formula is C24H26N4O4S2. The van der Waals surface area contributed by atoms with Crippen molar-refractivity contribution in [2.45, 2.75) is 49.0 Å². The monoisotopic (exact) mass is 498 g/mol. The maximum atomic E-state index is 13.4. The molecule has 0 N–H and O–H groups in total. The van der Waals surface area contributed by atoms with E-state index in [1.54, 1.807) is 55.6 Å². The van der Waals surface area contributed by atoms with Crippen LogP contribution in [0, 0.1) is 0 Å². The van der Waals surface area contributed by atoms with Crippen LogP contribution in [0.5, 0.6) is 0 Å². The fourth-order valence-corrected chi connectivity index (χ4v) is 6.16. The third-order valence-electron chi connectivity index (χ3n) is 5.42. The number of benzene rings is 2. The molecule has 0 radical (unpaired) electrons. The summed E-state index contributed by atoms with van der Waals surface area (Å²) in [7, 11) is -3.81. The molecule has 178 valence electrons. The van der Waals surface area contributed by atoms with E-state index in [1.165, 1.54) is 15.7 Å². The Balaban J connectivity index is 1.82. The highest BCUT2D eigenvalue weighted by Crippen LogP contribution is 2.35. The zero-order chi connectivity index (χ0) is 24.3. The molecule has 4 aromatic rings. The van der Waals surface area contributed by atoms with Crippen molar-refractivity contribution in [3.63, 3.8) is 0 Å². The summed E-state index contributed by atoms with van der Waals surface area (Å²) in [6.07, 6.45) is 2.18. The van der Waals surface area contributed by atoms with Gasteiger partial charge in [0.15, 0.2) is 11.0 Å². The molecule has 0 fully saturated rings. The van der Waals surface area contributed by atoms with Gasteiger partial charge in [-0.25, -0.2) is 12.4 Å². The number of hydrogen-bond donors (Lipinski definition) is 0. The first-order chi connectivity index (χ1) is 16.4. The largest absolute Gasteiger partial charge is 0.465 e. The van der Waals surface area contributed by atoms with E-state index in [4.69, 9.17) is 4.74 Å². The van der Waals surface area contributed by atoms with Gasteiger partial charge in [-0.2, -0.15) is 0 Å². The maximum Gasteiger partial charge on any atom is 0.319 e. The molecule has 0 spiro atoms. The number of carbonyl (C=O) groups is 1. The van der Waals surface area contributed by atoms with Crippen molar-refractivity contribution in [1.29, 1.82) is 0 Å². The Kier molecular flexibility index (Phi) is 7.08. The number of hydrogen-bond acceptors (Lipinski definition) is 7. The molecule has 4 rings (SSSR count). The summed E-state index contributed by atoms with van der Waals surface area (Å²) in [6.45, 7) is 6.53. The van der Waals surface area contributed by atoms with E-state index in [2.05, 4.69) is 10.2 Å². The van der Waals surface area contributed by atoms with Gasteiger partial charge in [0, 0.05) is 23.7 Å². The second-order valence-electron chi connectivity index (χ2n) is 7.49. The van der Waals surface area contributed by atoms with Crippen LogP contribution < -0.4 is 0 Å². The van der Waals surface area contributed by atoms with Gasteiger partial charge in [0.05, 0.1) is 17.0 Å². The smallest absolute Gasteiger partial charge is 0.319 e. The van der Waals surface area contributed by atoms with E-state index < -0.39 is 15.3 Å². The molecule has 0 saturated carbocycles. The van der Waals surface area contributed by atoms with Crippen LogP contribution in [-0.2, 0) is 26.1 Å². The normalized spacial score (nSPS) is 12.7. The van der Waals surface area contributed by atoms with Crippen molar-refractivity contribution in [1.82, 2.24) is 18.7 Å². The highest BCUT2D eigenvalue weighted by atomic mass is 32.2. The van der Waals surface area contributed by atoms with Gasteiger partial charge in [0.1, 0.15) is 5.25 Å². The predicted molar refractivity (Wildman–Crippen MR) is 132 cm³/mol. The van der Waals surface area contributed by atoms with Crippen molar-refractivity contribution < 1.29 is 17.9 Å². The van der Waals surface area contributed by atoms with Crippen LogP contribution in [0.25, 0.3) is 22.3 Å². The molecule has 0 unspecified atom stereocenters. The van der Waals surface area contributed by atoms with Gasteiger partial charge in [-0.1, -0.05) is 55.1 Å². The van der Waals surface area contributed by atoms with Crippen molar-refractivity contribution in [3.8, 4) is 11.4 Å². The quantitative estimate of drug-likeness (QED) is 0.246. The standard InChI is InChI=1S/C24H26N4O4S2/c1-4-21(23(29)32-6-3)33-24-26-25-22(27(24)5-2)19-16-28(20-15-11-10-14-18(19)20)34(30,31)17-12-8-7-9-13-17/h7-16,21H,4-6H2,1-3H3/t21-/m1/s1. The number of carbonyl (C=O) groups excluding carboxylic acids is 1. The zero-order valence-corrected chi connectivity index (χ0v) is 20.8. The minimum atomic E-state index is -3.81. The van der Waals surface area contributed by atoms with Crippen LogP contribution in [0.4, 0.5) is 0 Å². The SMILES string of the molecule is CCOC(=O)[C@@H](CC)Sc1nnc(-c2cn(S(=O)(=O)c3ccccc3)c3ccccc23)n1CC. The maximum absolute atomic E-state index is 13.4. The van der Waals surface area contributed by atoms with Crippen LogP contribution in [0.3, 0.4) is 0 Å². The van der Waals surface area contributed by atoms with Crippen LogP contribution in [0.15, 0.2) is 70.8 Å². The molecule has 0 aliphatic carbocycles. The van der Waals surface area contributed by atoms with Gasteiger partial charge >= 0.3 is 5.97 Å². The lowest BCUT2D eigenvalue weighted by Gasteiger charge is -2.13. The highest BCUT2D eigenvalue weighted by molar-refractivity contribution is 8.00. The molecule has 0 bridgehead atoms. The Labute approximate surface area is 203 Å². The van der Waals surface area contributed by atoms with Crippen molar-refractivity contribution in [2.75, 3.05) is 6.61 Å². The Hall–Kier alpha value is -3.11. The Morgan fingerprint density at radius 1 is 1.03 bits per heavy atom. The molecule has 0 aliphatic rings. The molecule has 2 aromatic carbocycles. The van der Waals surface area contributed by atoms with E-state index in [0.29, 0.717) is 41.6 Å². The Morgan fingerprint density at radius 2 is 1.74 bits per heavy atom. The number of esters is 1. The molecule has 10 heteroatoms. The lowest BCUT2D eigenvalue weighted by atomic mass is 10.1. The number of nitrogens with zero attached hydrogens (tertiary/aromatic N) is 4. The molecule has 0 aliphatic heterocycles. The Morgan fingerprint density at radius 3 is 2.41 bits per heavy atom. The molecule has 2 heterocycles. The van der Waals surface area contributed by atoms with E-state index in [-0.39, 0.29) is 10.9 Å². The van der Waals surface area contributed by atoms with Gasteiger partial charge in [0.2, 0.25) is 0 Å². The molecular weight excluding hydrogens is 472 g/mol. The van der Waals surface area contributed by atoms with Crippen molar-refractivity contribution >= 4 is 38.7 Å². The summed E-state index contributed by atoms with van der Waals surface area (Å²) >= 11 is 1.31. The van der Waals surface area contributed by atoms with Crippen LogP contribution in [0.2, 0.25) is 0 Å². The first-order valence-corrected chi connectivity index (χ1v) is 13.4. The fraction of sp³-hybridized carbons (Fsp3) is 0.292. The van der Waals surface area contributed by atoms with Crippen LogP contribution >= 0.6 is 11.8 Å². The summed E-state index contributed by atoms with van der Waals surface area (Å²) in [4.78, 5) is 12.5. The van der Waals surface area contributed by atoms with Crippen LogP contribution in [0.1, 0.15) is 27.2 Å². The van der Waals surface area contributed by atoms with Gasteiger partial charge in [-0.3, -0.25) is 4.79 Å². The van der Waals surface area contributed by atoms with Gasteiger partial charge in [-0.15, -0.1) is 10.2 Å². The average molecular weight is 499 g/mol. The van der Waals surface area contributed by atoms with E-state index in [0.717, 1.165) is 5.39 Å².